The van der Waals surface area contributed by atoms with Crippen LogP contribution in [0.15, 0.2) is 6.20 Å². The summed E-state index contributed by atoms with van der Waals surface area (Å²) in [6, 6.07) is 0. The third-order valence-electron chi connectivity index (χ3n) is 2.35. The number of fused-ring (bicyclic) bond motifs is 1. The summed E-state index contributed by atoms with van der Waals surface area (Å²) in [5.74, 6) is 0.913. The number of nitrogens with two attached hydrogens (primary N) is 1. The number of nitrogens with zero attached hydrogens (tertiary/aromatic N) is 2. The first-order chi connectivity index (χ1) is 6.90. The molecule has 4 heteroatoms. The summed E-state index contributed by atoms with van der Waals surface area (Å²) in [5.41, 5.74) is 7.72. The molecule has 2 N–H and O–H groups in total. The molecule has 1 aliphatic heterocycles. The SMILES string of the molecule is NCCCc1ncc2c(n1)CCOC2. The number of hydrogen-bond acceptors (Lipinski definition) is 4. The van der Waals surface area contributed by atoms with Crippen molar-refractivity contribution in [1.29, 1.82) is 0 Å². The molecule has 0 spiro atoms. The maximum absolute atomic E-state index is 5.44. The first-order valence-corrected chi connectivity index (χ1v) is 5.01. The van der Waals surface area contributed by atoms with Gasteiger partial charge in [-0.15, -0.1) is 0 Å². The lowest BCUT2D eigenvalue weighted by molar-refractivity contribution is 0.108. The smallest absolute Gasteiger partial charge is 0.128 e. The predicted octanol–water partition coefficient (Wildman–Crippen LogP) is 0.441. The van der Waals surface area contributed by atoms with Gasteiger partial charge in [0.15, 0.2) is 0 Å². The maximum Gasteiger partial charge on any atom is 0.128 e. The van der Waals surface area contributed by atoms with Gasteiger partial charge >= 0.3 is 0 Å². The van der Waals surface area contributed by atoms with Gasteiger partial charge in [-0.1, -0.05) is 0 Å². The van der Waals surface area contributed by atoms with E-state index in [0.29, 0.717) is 13.2 Å². The van der Waals surface area contributed by atoms with Gasteiger partial charge in [0, 0.05) is 24.6 Å². The van der Waals surface area contributed by atoms with Crippen LogP contribution in [0.5, 0.6) is 0 Å². The second kappa shape index (κ2) is 4.48. The Hall–Kier alpha value is -1.00. The predicted molar refractivity (Wildman–Crippen MR) is 52.8 cm³/mol. The molecule has 4 nitrogen and oxygen atoms in total. The van der Waals surface area contributed by atoms with E-state index in [4.69, 9.17) is 10.5 Å². The van der Waals surface area contributed by atoms with Crippen LogP contribution < -0.4 is 5.73 Å². The zero-order valence-corrected chi connectivity index (χ0v) is 8.20. The van der Waals surface area contributed by atoms with E-state index in [0.717, 1.165) is 43.0 Å². The Morgan fingerprint density at radius 3 is 3.29 bits per heavy atom. The molecule has 0 atom stereocenters. The highest BCUT2D eigenvalue weighted by Gasteiger charge is 2.11. The van der Waals surface area contributed by atoms with Crippen LogP contribution in [0.3, 0.4) is 0 Å². The van der Waals surface area contributed by atoms with Crippen molar-refractivity contribution in [3.8, 4) is 0 Å². The fourth-order valence-corrected chi connectivity index (χ4v) is 1.55. The van der Waals surface area contributed by atoms with E-state index in [-0.39, 0.29) is 0 Å². The lowest BCUT2D eigenvalue weighted by Crippen LogP contribution is -2.14. The van der Waals surface area contributed by atoms with Gasteiger partial charge in [-0.05, 0) is 13.0 Å². The maximum atomic E-state index is 5.44. The monoisotopic (exact) mass is 193 g/mol. The third kappa shape index (κ3) is 2.08. The fraction of sp³-hybridized carbons (Fsp3) is 0.600. The Kier molecular flexibility index (Phi) is 3.06. The molecule has 0 radical (unpaired) electrons. The third-order valence-corrected chi connectivity index (χ3v) is 2.35. The summed E-state index contributed by atoms with van der Waals surface area (Å²) in [4.78, 5) is 8.79. The van der Waals surface area contributed by atoms with Crippen LogP contribution in [0, 0.1) is 0 Å². The normalized spacial score (nSPS) is 15.2. The Labute approximate surface area is 83.5 Å². The number of ether oxygens (including phenoxy) is 1. The van der Waals surface area contributed by atoms with Crippen LogP contribution >= 0.6 is 0 Å². The first kappa shape index (κ1) is 9.55. The minimum Gasteiger partial charge on any atom is -0.376 e. The topological polar surface area (TPSA) is 61.0 Å². The molecule has 0 fully saturated rings. The van der Waals surface area contributed by atoms with Crippen molar-refractivity contribution < 1.29 is 4.74 Å². The molecule has 1 aliphatic rings. The number of aryl methyl sites for hydroxylation is 1. The molecule has 14 heavy (non-hydrogen) atoms. The summed E-state index contributed by atoms with van der Waals surface area (Å²) in [7, 11) is 0. The molecular formula is C10H15N3O. The van der Waals surface area contributed by atoms with E-state index in [1.165, 1.54) is 0 Å². The van der Waals surface area contributed by atoms with E-state index < -0.39 is 0 Å². The average molecular weight is 193 g/mol. The molecule has 0 bridgehead atoms. The molecule has 0 amide bonds. The van der Waals surface area contributed by atoms with Crippen LogP contribution in [0.2, 0.25) is 0 Å². The second-order valence-corrected chi connectivity index (χ2v) is 3.45. The summed E-state index contributed by atoms with van der Waals surface area (Å²) >= 11 is 0. The molecule has 76 valence electrons. The number of aromatic nitrogens is 2. The molecule has 2 heterocycles. The van der Waals surface area contributed by atoms with E-state index in [2.05, 4.69) is 9.97 Å². The van der Waals surface area contributed by atoms with Crippen LogP contribution in [0.1, 0.15) is 23.5 Å². The van der Waals surface area contributed by atoms with Gasteiger partial charge in [-0.25, -0.2) is 9.97 Å². The van der Waals surface area contributed by atoms with Gasteiger partial charge in [0.2, 0.25) is 0 Å². The van der Waals surface area contributed by atoms with Crippen molar-refractivity contribution in [1.82, 2.24) is 9.97 Å². The molecule has 0 aromatic carbocycles. The van der Waals surface area contributed by atoms with Crippen molar-refractivity contribution >= 4 is 0 Å². The average Bonchev–Trinajstić information content (AvgIpc) is 2.26. The Morgan fingerprint density at radius 1 is 1.50 bits per heavy atom. The highest BCUT2D eigenvalue weighted by Crippen LogP contribution is 2.13. The minimum atomic E-state index is 0.659. The van der Waals surface area contributed by atoms with Crippen molar-refractivity contribution in [2.45, 2.75) is 25.9 Å². The molecular weight excluding hydrogens is 178 g/mol. The van der Waals surface area contributed by atoms with Gasteiger partial charge in [-0.2, -0.15) is 0 Å². The summed E-state index contributed by atoms with van der Waals surface area (Å²) < 4.78 is 5.32. The first-order valence-electron chi connectivity index (χ1n) is 5.01. The zero-order chi connectivity index (χ0) is 9.80. The Balaban J connectivity index is 2.12. The quantitative estimate of drug-likeness (QED) is 0.756. The van der Waals surface area contributed by atoms with Crippen LogP contribution in [-0.2, 0) is 24.2 Å². The van der Waals surface area contributed by atoms with Gasteiger partial charge in [0.05, 0.1) is 18.9 Å². The van der Waals surface area contributed by atoms with Crippen LogP contribution in [0.4, 0.5) is 0 Å². The molecule has 1 aromatic rings. The molecule has 0 saturated heterocycles. The Morgan fingerprint density at radius 2 is 2.43 bits per heavy atom. The zero-order valence-electron chi connectivity index (χ0n) is 8.20. The fourth-order valence-electron chi connectivity index (χ4n) is 1.55. The van der Waals surface area contributed by atoms with E-state index in [1.54, 1.807) is 0 Å². The van der Waals surface area contributed by atoms with Gasteiger partial charge < -0.3 is 10.5 Å². The van der Waals surface area contributed by atoms with Crippen LogP contribution in [0.25, 0.3) is 0 Å². The van der Waals surface area contributed by atoms with Crippen LogP contribution in [-0.4, -0.2) is 23.1 Å². The lowest BCUT2D eigenvalue weighted by atomic mass is 10.1. The van der Waals surface area contributed by atoms with Crippen molar-refractivity contribution in [2.24, 2.45) is 5.73 Å². The molecule has 0 aliphatic carbocycles. The Bertz CT molecular complexity index is 314. The van der Waals surface area contributed by atoms with E-state index in [9.17, 15) is 0 Å². The van der Waals surface area contributed by atoms with E-state index >= 15 is 0 Å². The molecule has 0 unspecified atom stereocenters. The number of hydrogen-bond donors (Lipinski definition) is 1. The van der Waals surface area contributed by atoms with E-state index in [1.807, 2.05) is 6.20 Å². The minimum absolute atomic E-state index is 0.659. The highest BCUT2D eigenvalue weighted by molar-refractivity contribution is 5.18. The summed E-state index contributed by atoms with van der Waals surface area (Å²) in [6.07, 6.45) is 4.63. The lowest BCUT2D eigenvalue weighted by Gasteiger charge is -2.15. The van der Waals surface area contributed by atoms with Crippen molar-refractivity contribution in [3.63, 3.8) is 0 Å². The highest BCUT2D eigenvalue weighted by atomic mass is 16.5. The van der Waals surface area contributed by atoms with Gasteiger partial charge in [0.1, 0.15) is 5.82 Å². The summed E-state index contributed by atoms with van der Waals surface area (Å²) in [5, 5.41) is 0. The molecule has 2 rings (SSSR count). The largest absolute Gasteiger partial charge is 0.376 e. The second-order valence-electron chi connectivity index (χ2n) is 3.45. The number of rotatable bonds is 3. The van der Waals surface area contributed by atoms with Crippen molar-refractivity contribution in [3.05, 3.63) is 23.3 Å². The molecule has 1 aromatic heterocycles. The summed E-state index contributed by atoms with van der Waals surface area (Å²) in [6.45, 7) is 2.14. The molecule has 0 saturated carbocycles. The van der Waals surface area contributed by atoms with Crippen molar-refractivity contribution in [2.75, 3.05) is 13.2 Å². The standard InChI is InChI=1S/C10H15N3O/c11-4-1-2-10-12-6-8-7-14-5-3-9(8)13-10/h6H,1-5,7,11H2. The van der Waals surface area contributed by atoms with Gasteiger partial charge in [0.25, 0.3) is 0 Å². The van der Waals surface area contributed by atoms with Gasteiger partial charge in [-0.3, -0.25) is 0 Å².